The maximum Gasteiger partial charge on any atom is 0.117 e. The summed E-state index contributed by atoms with van der Waals surface area (Å²) < 4.78 is 7.46. The Kier molecular flexibility index (Phi) is 3.64. The minimum atomic E-state index is 0.755. The zero-order chi connectivity index (χ0) is 12.3. The third-order valence-electron chi connectivity index (χ3n) is 2.78. The molecule has 2 heterocycles. The molecule has 0 bridgehead atoms. The van der Waals surface area contributed by atoms with E-state index in [0.29, 0.717) is 0 Å². The van der Waals surface area contributed by atoms with E-state index >= 15 is 0 Å². The number of furan rings is 1. The lowest BCUT2D eigenvalue weighted by Gasteiger charge is -2.01. The predicted octanol–water partition coefficient (Wildman–Crippen LogP) is 2.40. The van der Waals surface area contributed by atoms with Gasteiger partial charge in [-0.05, 0) is 32.9 Å². The van der Waals surface area contributed by atoms with Crippen LogP contribution in [0.3, 0.4) is 0 Å². The van der Waals surface area contributed by atoms with Crippen LogP contribution >= 0.6 is 0 Å². The molecule has 0 fully saturated rings. The van der Waals surface area contributed by atoms with Crippen molar-refractivity contribution in [3.8, 4) is 0 Å². The third kappa shape index (κ3) is 2.97. The van der Waals surface area contributed by atoms with Crippen molar-refractivity contribution in [3.05, 3.63) is 41.1 Å². The van der Waals surface area contributed by atoms with Crippen LogP contribution in [0.25, 0.3) is 0 Å². The van der Waals surface area contributed by atoms with Crippen LogP contribution in [0, 0.1) is 13.8 Å². The topological polar surface area (TPSA) is 43.0 Å². The summed E-state index contributed by atoms with van der Waals surface area (Å²) in [5, 5.41) is 7.77. The Morgan fingerprint density at radius 2 is 2.12 bits per heavy atom. The molecule has 2 aromatic rings. The highest BCUT2D eigenvalue weighted by molar-refractivity contribution is 5.15. The maximum atomic E-state index is 5.49. The van der Waals surface area contributed by atoms with Gasteiger partial charge in [0.05, 0.1) is 12.2 Å². The van der Waals surface area contributed by atoms with Crippen LogP contribution in [-0.2, 0) is 19.6 Å². The Balaban J connectivity index is 1.87. The molecule has 4 nitrogen and oxygen atoms in total. The van der Waals surface area contributed by atoms with Crippen LogP contribution in [0.1, 0.15) is 29.7 Å². The highest BCUT2D eigenvalue weighted by atomic mass is 16.3. The van der Waals surface area contributed by atoms with Crippen molar-refractivity contribution < 1.29 is 4.42 Å². The lowest BCUT2D eigenvalue weighted by Crippen LogP contribution is -2.12. The Morgan fingerprint density at radius 3 is 2.71 bits per heavy atom. The summed E-state index contributed by atoms with van der Waals surface area (Å²) in [4.78, 5) is 0. The molecule has 92 valence electrons. The van der Waals surface area contributed by atoms with E-state index in [1.54, 1.807) is 0 Å². The van der Waals surface area contributed by atoms with Gasteiger partial charge in [0, 0.05) is 24.8 Å². The fourth-order valence-corrected chi connectivity index (χ4v) is 1.80. The first kappa shape index (κ1) is 11.9. The number of rotatable bonds is 5. The van der Waals surface area contributed by atoms with Crippen LogP contribution in [0.5, 0.6) is 0 Å². The molecule has 1 N–H and O–H groups in total. The zero-order valence-electron chi connectivity index (χ0n) is 10.7. The molecule has 0 unspecified atom stereocenters. The summed E-state index contributed by atoms with van der Waals surface area (Å²) in [6.45, 7) is 8.59. The molecule has 17 heavy (non-hydrogen) atoms. The molecule has 0 aliphatic carbocycles. The first-order chi connectivity index (χ1) is 8.19. The van der Waals surface area contributed by atoms with Crippen molar-refractivity contribution in [2.24, 2.45) is 0 Å². The summed E-state index contributed by atoms with van der Waals surface area (Å²) in [5.74, 6) is 1.93. The van der Waals surface area contributed by atoms with Gasteiger partial charge in [-0.25, -0.2) is 0 Å². The van der Waals surface area contributed by atoms with Gasteiger partial charge in [-0.15, -0.1) is 0 Å². The minimum Gasteiger partial charge on any atom is -0.465 e. The van der Waals surface area contributed by atoms with Crippen molar-refractivity contribution >= 4 is 0 Å². The molecular weight excluding hydrogens is 214 g/mol. The van der Waals surface area contributed by atoms with Crippen molar-refractivity contribution in [3.63, 3.8) is 0 Å². The van der Waals surface area contributed by atoms with E-state index in [0.717, 1.165) is 36.8 Å². The van der Waals surface area contributed by atoms with E-state index in [9.17, 15) is 0 Å². The molecule has 0 aliphatic heterocycles. The molecule has 0 spiro atoms. The van der Waals surface area contributed by atoms with Crippen molar-refractivity contribution in [1.82, 2.24) is 15.1 Å². The van der Waals surface area contributed by atoms with Gasteiger partial charge in [-0.3, -0.25) is 4.68 Å². The number of aromatic nitrogens is 2. The van der Waals surface area contributed by atoms with E-state index in [-0.39, 0.29) is 0 Å². The summed E-state index contributed by atoms with van der Waals surface area (Å²) in [7, 11) is 0. The molecule has 0 aliphatic rings. The molecule has 0 saturated carbocycles. The molecule has 0 aromatic carbocycles. The van der Waals surface area contributed by atoms with Crippen molar-refractivity contribution in [1.29, 1.82) is 0 Å². The van der Waals surface area contributed by atoms with Crippen molar-refractivity contribution in [2.75, 3.05) is 0 Å². The van der Waals surface area contributed by atoms with Gasteiger partial charge in [-0.1, -0.05) is 0 Å². The molecule has 0 radical (unpaired) electrons. The number of hydrogen-bond acceptors (Lipinski definition) is 3. The standard InChI is InChI=1S/C13H19N3O/c1-4-16-9-12(11(3)15-16)7-14-8-13-6-5-10(2)17-13/h5-6,9,14H,4,7-8H2,1-3H3. The van der Waals surface area contributed by atoms with E-state index in [1.807, 2.05) is 30.7 Å². The quantitative estimate of drug-likeness (QED) is 0.862. The zero-order valence-corrected chi connectivity index (χ0v) is 10.7. The monoisotopic (exact) mass is 233 g/mol. The highest BCUT2D eigenvalue weighted by Crippen LogP contribution is 2.08. The largest absolute Gasteiger partial charge is 0.465 e. The maximum absolute atomic E-state index is 5.49. The highest BCUT2D eigenvalue weighted by Gasteiger charge is 2.04. The van der Waals surface area contributed by atoms with Gasteiger partial charge in [0.2, 0.25) is 0 Å². The van der Waals surface area contributed by atoms with Crippen LogP contribution in [-0.4, -0.2) is 9.78 Å². The van der Waals surface area contributed by atoms with Crippen LogP contribution in [0.4, 0.5) is 0 Å². The summed E-state index contributed by atoms with van der Waals surface area (Å²) in [6.07, 6.45) is 2.09. The Morgan fingerprint density at radius 1 is 1.29 bits per heavy atom. The van der Waals surface area contributed by atoms with Gasteiger partial charge in [0.15, 0.2) is 0 Å². The van der Waals surface area contributed by atoms with Gasteiger partial charge < -0.3 is 9.73 Å². The molecular formula is C13H19N3O. The summed E-state index contributed by atoms with van der Waals surface area (Å²) in [5.41, 5.74) is 2.34. The number of nitrogens with one attached hydrogen (secondary N) is 1. The normalized spacial score (nSPS) is 11.0. The number of hydrogen-bond donors (Lipinski definition) is 1. The second kappa shape index (κ2) is 5.19. The molecule has 2 rings (SSSR count). The van der Waals surface area contributed by atoms with Gasteiger partial charge in [0.25, 0.3) is 0 Å². The predicted molar refractivity (Wildman–Crippen MR) is 66.6 cm³/mol. The van der Waals surface area contributed by atoms with Crippen LogP contribution < -0.4 is 5.32 Å². The first-order valence-corrected chi connectivity index (χ1v) is 5.98. The fourth-order valence-electron chi connectivity index (χ4n) is 1.80. The second-order valence-corrected chi connectivity index (χ2v) is 4.21. The number of nitrogens with zero attached hydrogens (tertiary/aromatic N) is 2. The second-order valence-electron chi connectivity index (χ2n) is 4.21. The summed E-state index contributed by atoms with van der Waals surface area (Å²) >= 11 is 0. The first-order valence-electron chi connectivity index (χ1n) is 5.98. The fraction of sp³-hybridized carbons (Fsp3) is 0.462. The minimum absolute atomic E-state index is 0.755. The van der Waals surface area contributed by atoms with Crippen LogP contribution in [0.15, 0.2) is 22.7 Å². The average molecular weight is 233 g/mol. The lowest BCUT2D eigenvalue weighted by molar-refractivity contribution is 0.461. The Labute approximate surface area is 102 Å². The molecule has 0 saturated heterocycles. The van der Waals surface area contributed by atoms with E-state index < -0.39 is 0 Å². The van der Waals surface area contributed by atoms with E-state index in [2.05, 4.69) is 23.5 Å². The van der Waals surface area contributed by atoms with E-state index in [1.165, 1.54) is 5.56 Å². The van der Waals surface area contributed by atoms with Gasteiger partial charge in [0.1, 0.15) is 11.5 Å². The van der Waals surface area contributed by atoms with Crippen molar-refractivity contribution in [2.45, 2.75) is 40.4 Å². The third-order valence-corrected chi connectivity index (χ3v) is 2.78. The number of aryl methyl sites for hydroxylation is 3. The SMILES string of the molecule is CCn1cc(CNCc2ccc(C)o2)c(C)n1. The lowest BCUT2D eigenvalue weighted by atomic mass is 10.2. The smallest absolute Gasteiger partial charge is 0.117 e. The Bertz CT molecular complexity index is 485. The molecule has 0 amide bonds. The van der Waals surface area contributed by atoms with E-state index in [4.69, 9.17) is 4.42 Å². The molecule has 4 heteroatoms. The Hall–Kier alpha value is -1.55. The molecule has 0 atom stereocenters. The summed E-state index contributed by atoms with van der Waals surface area (Å²) in [6, 6.07) is 3.99. The van der Waals surface area contributed by atoms with Crippen LogP contribution in [0.2, 0.25) is 0 Å². The average Bonchev–Trinajstić information content (AvgIpc) is 2.86. The van der Waals surface area contributed by atoms with Gasteiger partial charge in [-0.2, -0.15) is 5.10 Å². The molecule has 2 aromatic heterocycles. The van der Waals surface area contributed by atoms with Gasteiger partial charge >= 0.3 is 0 Å².